The van der Waals surface area contributed by atoms with Crippen molar-refractivity contribution < 1.29 is 17.6 Å². The fourth-order valence-electron chi connectivity index (χ4n) is 4.12. The third-order valence-corrected chi connectivity index (χ3v) is 7.98. The van der Waals surface area contributed by atoms with Crippen LogP contribution in [-0.4, -0.2) is 56.8 Å². The predicted octanol–water partition coefficient (Wildman–Crippen LogP) is 3.82. The molecule has 0 aromatic heterocycles. The van der Waals surface area contributed by atoms with E-state index in [2.05, 4.69) is 9.62 Å². The molecule has 0 radical (unpaired) electrons. The summed E-state index contributed by atoms with van der Waals surface area (Å²) in [5.74, 6) is -0.468. The number of amides is 1. The van der Waals surface area contributed by atoms with Gasteiger partial charge in [0.2, 0.25) is 15.9 Å². The average Bonchev–Trinajstić information content (AvgIpc) is 2.79. The van der Waals surface area contributed by atoms with Gasteiger partial charge in [0.1, 0.15) is 5.82 Å². The average molecular weight is 496 g/mol. The van der Waals surface area contributed by atoms with Crippen LogP contribution in [-0.2, 0) is 21.4 Å². The highest BCUT2D eigenvalue weighted by Gasteiger charge is 2.30. The highest BCUT2D eigenvalue weighted by atomic mass is 35.5. The number of halogens is 2. The second kappa shape index (κ2) is 11.0. The van der Waals surface area contributed by atoms with Crippen molar-refractivity contribution in [2.45, 2.75) is 44.2 Å². The van der Waals surface area contributed by atoms with E-state index in [1.807, 2.05) is 13.8 Å². The highest BCUT2D eigenvalue weighted by Crippen LogP contribution is 2.23. The van der Waals surface area contributed by atoms with Gasteiger partial charge in [-0.3, -0.25) is 9.69 Å². The Hall–Kier alpha value is -2.00. The van der Waals surface area contributed by atoms with Gasteiger partial charge in [-0.25, -0.2) is 17.5 Å². The summed E-state index contributed by atoms with van der Waals surface area (Å²) in [5, 5.41) is 0.293. The van der Waals surface area contributed by atoms with Crippen LogP contribution in [0, 0.1) is 18.7 Å². The summed E-state index contributed by atoms with van der Waals surface area (Å²) in [6.45, 7) is 5.50. The van der Waals surface area contributed by atoms with E-state index in [1.165, 1.54) is 17.0 Å². The van der Waals surface area contributed by atoms with Crippen LogP contribution in [0.3, 0.4) is 0 Å². The van der Waals surface area contributed by atoms with E-state index < -0.39 is 21.9 Å². The lowest BCUT2D eigenvalue weighted by atomic mass is 9.97. The van der Waals surface area contributed by atoms with Gasteiger partial charge in [-0.2, -0.15) is 0 Å². The molecule has 9 heteroatoms. The topological polar surface area (TPSA) is 69.7 Å². The molecule has 1 aliphatic rings. The van der Waals surface area contributed by atoms with Crippen LogP contribution in [0.2, 0.25) is 5.02 Å². The first-order valence-electron chi connectivity index (χ1n) is 11.1. The van der Waals surface area contributed by atoms with Crippen molar-refractivity contribution in [1.29, 1.82) is 0 Å². The van der Waals surface area contributed by atoms with E-state index >= 15 is 0 Å². The van der Waals surface area contributed by atoms with Crippen LogP contribution in [0.15, 0.2) is 47.4 Å². The van der Waals surface area contributed by atoms with Gasteiger partial charge in [0, 0.05) is 37.3 Å². The van der Waals surface area contributed by atoms with E-state index in [-0.39, 0.29) is 23.3 Å². The minimum absolute atomic E-state index is 0.0856. The molecule has 2 unspecified atom stereocenters. The summed E-state index contributed by atoms with van der Waals surface area (Å²) >= 11 is 6.10. The molecule has 0 aliphatic carbocycles. The van der Waals surface area contributed by atoms with E-state index in [1.54, 1.807) is 37.4 Å². The van der Waals surface area contributed by atoms with Crippen LogP contribution in [0.1, 0.15) is 30.9 Å². The van der Waals surface area contributed by atoms with Gasteiger partial charge in [-0.1, -0.05) is 35.4 Å². The zero-order valence-corrected chi connectivity index (χ0v) is 20.8. The second-order valence-electron chi connectivity index (χ2n) is 8.74. The number of carbonyl (C=O) groups is 1. The quantitative estimate of drug-likeness (QED) is 0.604. The molecule has 1 aliphatic heterocycles. The summed E-state index contributed by atoms with van der Waals surface area (Å²) in [5.41, 5.74) is 1.29. The van der Waals surface area contributed by atoms with Crippen LogP contribution < -0.4 is 4.72 Å². The monoisotopic (exact) mass is 495 g/mol. The van der Waals surface area contributed by atoms with Gasteiger partial charge in [0.05, 0.1) is 10.9 Å². The number of carbonyl (C=O) groups excluding carboxylic acids is 1. The summed E-state index contributed by atoms with van der Waals surface area (Å²) in [4.78, 5) is 16.8. The Balaban J connectivity index is 1.57. The maximum atomic E-state index is 14.1. The molecule has 1 heterocycles. The Bertz CT molecular complexity index is 1060. The Morgan fingerprint density at radius 3 is 2.64 bits per heavy atom. The summed E-state index contributed by atoms with van der Waals surface area (Å²) < 4.78 is 42.0. The summed E-state index contributed by atoms with van der Waals surface area (Å²) in [7, 11) is -1.94. The molecule has 2 aromatic carbocycles. The van der Waals surface area contributed by atoms with Gasteiger partial charge >= 0.3 is 0 Å². The van der Waals surface area contributed by atoms with E-state index in [4.69, 9.17) is 11.6 Å². The maximum Gasteiger partial charge on any atom is 0.240 e. The standard InChI is InChI=1S/C24H31ClFN3O3S/c1-17-9-11-20(12-10-17)33(31,32)27-14-19-6-5-13-29(15-19)18(2)24(30)28(3)16-21-22(25)7-4-8-23(21)26/h4,7-12,18-19,27H,5-6,13-16H2,1-3H3. The van der Waals surface area contributed by atoms with E-state index in [0.717, 1.165) is 24.9 Å². The molecule has 0 saturated carbocycles. The van der Waals surface area contributed by atoms with Crippen molar-refractivity contribution in [1.82, 2.24) is 14.5 Å². The van der Waals surface area contributed by atoms with Gasteiger partial charge < -0.3 is 4.90 Å². The zero-order chi connectivity index (χ0) is 24.2. The fraction of sp³-hybridized carbons (Fsp3) is 0.458. The molecule has 33 heavy (non-hydrogen) atoms. The third kappa shape index (κ3) is 6.53. The molecular weight excluding hydrogens is 465 g/mol. The number of hydrogen-bond acceptors (Lipinski definition) is 4. The van der Waals surface area contributed by atoms with Crippen molar-refractivity contribution in [2.24, 2.45) is 5.92 Å². The Labute approximate surface area is 200 Å². The molecule has 2 atom stereocenters. The van der Waals surface area contributed by atoms with Crippen LogP contribution in [0.5, 0.6) is 0 Å². The molecule has 2 aromatic rings. The molecule has 3 rings (SSSR count). The van der Waals surface area contributed by atoms with Crippen LogP contribution in [0.4, 0.5) is 4.39 Å². The summed E-state index contributed by atoms with van der Waals surface area (Å²) in [6, 6.07) is 10.8. The van der Waals surface area contributed by atoms with Crippen LogP contribution >= 0.6 is 11.6 Å². The molecule has 1 N–H and O–H groups in total. The Morgan fingerprint density at radius 2 is 1.97 bits per heavy atom. The van der Waals surface area contributed by atoms with Gasteiger partial charge in [-0.15, -0.1) is 0 Å². The van der Waals surface area contributed by atoms with Gasteiger partial charge in [0.15, 0.2) is 0 Å². The highest BCUT2D eigenvalue weighted by molar-refractivity contribution is 7.89. The first-order chi connectivity index (χ1) is 15.6. The number of hydrogen-bond donors (Lipinski definition) is 1. The fourth-order valence-corrected chi connectivity index (χ4v) is 5.46. The van der Waals surface area contributed by atoms with Crippen LogP contribution in [0.25, 0.3) is 0 Å². The number of rotatable bonds is 8. The van der Waals surface area contributed by atoms with Gasteiger partial charge in [-0.05, 0) is 63.4 Å². The zero-order valence-electron chi connectivity index (χ0n) is 19.2. The number of aryl methyl sites for hydroxylation is 1. The molecule has 6 nitrogen and oxygen atoms in total. The van der Waals surface area contributed by atoms with Crippen molar-refractivity contribution in [3.8, 4) is 0 Å². The van der Waals surface area contributed by atoms with Crippen molar-refractivity contribution in [2.75, 3.05) is 26.7 Å². The lowest BCUT2D eigenvalue weighted by Gasteiger charge is -2.37. The SMILES string of the molecule is Cc1ccc(S(=O)(=O)NCC2CCCN(C(C)C(=O)N(C)Cc3c(F)cccc3Cl)C2)cc1. The number of likely N-dealkylation sites (tertiary alicyclic amines) is 1. The minimum atomic E-state index is -3.58. The van der Waals surface area contributed by atoms with Crippen molar-refractivity contribution >= 4 is 27.5 Å². The lowest BCUT2D eigenvalue weighted by molar-refractivity contribution is -0.136. The van der Waals surface area contributed by atoms with Gasteiger partial charge in [0.25, 0.3) is 0 Å². The molecule has 1 amide bonds. The summed E-state index contributed by atoms with van der Waals surface area (Å²) in [6.07, 6.45) is 1.76. The molecule has 1 fully saturated rings. The number of piperidine rings is 1. The molecule has 0 bridgehead atoms. The van der Waals surface area contributed by atoms with E-state index in [9.17, 15) is 17.6 Å². The Kier molecular flexibility index (Phi) is 8.50. The largest absolute Gasteiger partial charge is 0.340 e. The number of nitrogens with one attached hydrogen (secondary N) is 1. The number of nitrogens with zero attached hydrogens (tertiary/aromatic N) is 2. The number of likely N-dealkylation sites (N-methyl/N-ethyl adjacent to an activating group) is 1. The van der Waals surface area contributed by atoms with Crippen molar-refractivity contribution in [3.63, 3.8) is 0 Å². The first-order valence-corrected chi connectivity index (χ1v) is 12.9. The second-order valence-corrected chi connectivity index (χ2v) is 10.9. The molecule has 180 valence electrons. The maximum absolute atomic E-state index is 14.1. The van der Waals surface area contributed by atoms with E-state index in [0.29, 0.717) is 23.7 Å². The van der Waals surface area contributed by atoms with Crippen molar-refractivity contribution in [3.05, 3.63) is 64.4 Å². The molecule has 0 spiro atoms. The smallest absolute Gasteiger partial charge is 0.240 e. The number of benzene rings is 2. The normalized spacial score (nSPS) is 18.2. The molecular formula is C24H31ClFN3O3S. The minimum Gasteiger partial charge on any atom is -0.340 e. The lowest BCUT2D eigenvalue weighted by Crippen LogP contribution is -2.50. The predicted molar refractivity (Wildman–Crippen MR) is 128 cm³/mol. The Morgan fingerprint density at radius 1 is 1.27 bits per heavy atom. The number of sulfonamides is 1. The first kappa shape index (κ1) is 25.6. The third-order valence-electron chi connectivity index (χ3n) is 6.18. The molecule has 1 saturated heterocycles.